The van der Waals surface area contributed by atoms with Crippen molar-refractivity contribution in [1.82, 2.24) is 5.32 Å². The third-order valence-electron chi connectivity index (χ3n) is 3.41. The van der Waals surface area contributed by atoms with Crippen LogP contribution in [-0.4, -0.2) is 30.6 Å². The quantitative estimate of drug-likeness (QED) is 0.853. The average Bonchev–Trinajstić information content (AvgIpc) is 2.74. The Balaban J connectivity index is 1.98. The molecule has 6 heteroatoms. The summed E-state index contributed by atoms with van der Waals surface area (Å²) >= 11 is 1.28. The Bertz CT molecular complexity index is 464. The third-order valence-corrected chi connectivity index (χ3v) is 4.30. The predicted molar refractivity (Wildman–Crippen MR) is 67.1 cm³/mol. The first-order valence-electron chi connectivity index (χ1n) is 5.72. The summed E-state index contributed by atoms with van der Waals surface area (Å²) in [7, 11) is 1.50. The first kappa shape index (κ1) is 12.9. The molecule has 0 unspecified atom stereocenters. The topological polar surface area (TPSA) is 75.6 Å². The fraction of sp³-hybridized carbons (Fsp3) is 0.500. The number of methoxy groups -OCH3 is 1. The molecular weight excluding hydrogens is 254 g/mol. The van der Waals surface area contributed by atoms with Crippen LogP contribution in [0.3, 0.4) is 0 Å². The van der Waals surface area contributed by atoms with Crippen molar-refractivity contribution >= 4 is 23.2 Å². The van der Waals surface area contributed by atoms with E-state index in [2.05, 4.69) is 5.32 Å². The molecule has 1 fully saturated rings. The van der Waals surface area contributed by atoms with Crippen LogP contribution in [0.1, 0.15) is 28.9 Å². The van der Waals surface area contributed by atoms with Gasteiger partial charge in [-0.1, -0.05) is 6.42 Å². The van der Waals surface area contributed by atoms with Gasteiger partial charge in [-0.25, -0.2) is 0 Å². The molecule has 18 heavy (non-hydrogen) atoms. The Labute approximate surface area is 109 Å². The molecule has 2 N–H and O–H groups in total. The van der Waals surface area contributed by atoms with Crippen molar-refractivity contribution in [3.05, 3.63) is 16.3 Å². The zero-order valence-corrected chi connectivity index (χ0v) is 10.9. The number of ether oxygens (including phenoxy) is 1. The van der Waals surface area contributed by atoms with Gasteiger partial charge in [-0.2, -0.15) is 0 Å². The number of hydrogen-bond acceptors (Lipinski definition) is 4. The number of hydrogen-bond donors (Lipinski definition) is 2. The van der Waals surface area contributed by atoms with Crippen LogP contribution in [0.2, 0.25) is 0 Å². The Morgan fingerprint density at radius 3 is 2.78 bits per heavy atom. The van der Waals surface area contributed by atoms with E-state index in [-0.39, 0.29) is 12.5 Å². The zero-order valence-electron chi connectivity index (χ0n) is 10.1. The maximum atomic E-state index is 11.9. The molecule has 1 saturated carbocycles. The van der Waals surface area contributed by atoms with Crippen molar-refractivity contribution in [2.75, 3.05) is 13.7 Å². The molecule has 5 nitrogen and oxygen atoms in total. The number of carboxylic acids is 1. The molecular formula is C12H15NO4S. The van der Waals surface area contributed by atoms with E-state index in [4.69, 9.17) is 9.84 Å². The first-order chi connectivity index (χ1) is 8.59. The van der Waals surface area contributed by atoms with Gasteiger partial charge in [0.2, 0.25) is 0 Å². The van der Waals surface area contributed by atoms with Crippen molar-refractivity contribution in [2.24, 2.45) is 5.41 Å². The summed E-state index contributed by atoms with van der Waals surface area (Å²) in [6, 6.07) is 1.72. The number of aliphatic carboxylic acids is 1. The lowest BCUT2D eigenvalue weighted by molar-refractivity contribution is -0.153. The van der Waals surface area contributed by atoms with Gasteiger partial charge in [0.1, 0.15) is 10.6 Å². The molecule has 0 atom stereocenters. The van der Waals surface area contributed by atoms with Crippen LogP contribution in [0, 0.1) is 5.41 Å². The highest BCUT2D eigenvalue weighted by Gasteiger charge is 2.44. The SMILES string of the molecule is COc1ccsc1C(=O)NCC1(C(=O)O)CCC1. The average molecular weight is 269 g/mol. The number of thiophene rings is 1. The van der Waals surface area contributed by atoms with E-state index in [1.165, 1.54) is 18.4 Å². The van der Waals surface area contributed by atoms with Gasteiger partial charge in [0, 0.05) is 6.54 Å². The minimum Gasteiger partial charge on any atom is -0.495 e. The number of nitrogens with one attached hydrogen (secondary N) is 1. The fourth-order valence-electron chi connectivity index (χ4n) is 2.02. The van der Waals surface area contributed by atoms with Crippen LogP contribution < -0.4 is 10.1 Å². The standard InChI is InChI=1S/C12H15NO4S/c1-17-8-3-6-18-9(8)10(14)13-7-12(11(15)16)4-2-5-12/h3,6H,2,4-5,7H2,1H3,(H,13,14)(H,15,16). The lowest BCUT2D eigenvalue weighted by atomic mass is 9.69. The van der Waals surface area contributed by atoms with Crippen molar-refractivity contribution in [3.63, 3.8) is 0 Å². The van der Waals surface area contributed by atoms with Crippen LogP contribution in [0.4, 0.5) is 0 Å². The van der Waals surface area contributed by atoms with Gasteiger partial charge in [-0.3, -0.25) is 9.59 Å². The fourth-order valence-corrected chi connectivity index (χ4v) is 2.80. The molecule has 1 amide bonds. The van der Waals surface area contributed by atoms with Crippen LogP contribution in [-0.2, 0) is 4.79 Å². The lowest BCUT2D eigenvalue weighted by Gasteiger charge is -2.37. The minimum atomic E-state index is -0.827. The zero-order chi connectivity index (χ0) is 13.2. The monoisotopic (exact) mass is 269 g/mol. The Kier molecular flexibility index (Phi) is 3.56. The van der Waals surface area contributed by atoms with E-state index in [1.54, 1.807) is 11.4 Å². The number of rotatable bonds is 5. The molecule has 2 rings (SSSR count). The van der Waals surface area contributed by atoms with Crippen molar-refractivity contribution in [2.45, 2.75) is 19.3 Å². The molecule has 0 radical (unpaired) electrons. The summed E-state index contributed by atoms with van der Waals surface area (Å²) in [6.07, 6.45) is 2.17. The van der Waals surface area contributed by atoms with Crippen molar-refractivity contribution in [3.8, 4) is 5.75 Å². The van der Waals surface area contributed by atoms with E-state index in [9.17, 15) is 9.59 Å². The molecule has 0 spiro atoms. The van der Waals surface area contributed by atoms with Gasteiger partial charge in [0.25, 0.3) is 5.91 Å². The summed E-state index contributed by atoms with van der Waals surface area (Å²) in [6.45, 7) is 0.183. The summed E-state index contributed by atoms with van der Waals surface area (Å²) in [4.78, 5) is 23.6. The second kappa shape index (κ2) is 4.97. The van der Waals surface area contributed by atoms with Crippen LogP contribution in [0.15, 0.2) is 11.4 Å². The van der Waals surface area contributed by atoms with Crippen molar-refractivity contribution in [1.29, 1.82) is 0 Å². The predicted octanol–water partition coefficient (Wildman–Crippen LogP) is 1.74. The molecule has 0 aliphatic heterocycles. The Morgan fingerprint density at radius 2 is 2.28 bits per heavy atom. The first-order valence-corrected chi connectivity index (χ1v) is 6.60. The second-order valence-corrected chi connectivity index (χ2v) is 5.36. The summed E-state index contributed by atoms with van der Waals surface area (Å²) in [5.41, 5.74) is -0.764. The van der Waals surface area contributed by atoms with Gasteiger partial charge < -0.3 is 15.2 Å². The van der Waals surface area contributed by atoms with Gasteiger partial charge >= 0.3 is 5.97 Å². The number of amides is 1. The molecule has 0 bridgehead atoms. The largest absolute Gasteiger partial charge is 0.495 e. The van der Waals surface area contributed by atoms with Gasteiger partial charge in [0.15, 0.2) is 0 Å². The van der Waals surface area contributed by atoms with E-state index in [1.807, 2.05) is 0 Å². The highest BCUT2D eigenvalue weighted by atomic mass is 32.1. The second-order valence-electron chi connectivity index (χ2n) is 4.44. The highest BCUT2D eigenvalue weighted by molar-refractivity contribution is 7.12. The maximum Gasteiger partial charge on any atom is 0.311 e. The molecule has 0 aromatic carbocycles. The summed E-state index contributed by atoms with van der Waals surface area (Å²) in [5, 5.41) is 13.6. The van der Waals surface area contributed by atoms with Crippen molar-refractivity contribution < 1.29 is 19.4 Å². The molecule has 1 aromatic heterocycles. The normalized spacial score (nSPS) is 16.7. The van der Waals surface area contributed by atoms with E-state index in [0.29, 0.717) is 23.5 Å². The number of carbonyl (C=O) groups excluding carboxylic acids is 1. The highest BCUT2D eigenvalue weighted by Crippen LogP contribution is 2.40. The smallest absolute Gasteiger partial charge is 0.311 e. The molecule has 1 aliphatic carbocycles. The van der Waals surface area contributed by atoms with Crippen LogP contribution in [0.25, 0.3) is 0 Å². The molecule has 1 heterocycles. The van der Waals surface area contributed by atoms with E-state index >= 15 is 0 Å². The maximum absolute atomic E-state index is 11.9. The van der Waals surface area contributed by atoms with Gasteiger partial charge in [0.05, 0.1) is 12.5 Å². The Morgan fingerprint density at radius 1 is 1.56 bits per heavy atom. The number of carboxylic acid groups (broad SMARTS) is 1. The molecule has 98 valence electrons. The number of carbonyl (C=O) groups is 2. The van der Waals surface area contributed by atoms with Gasteiger partial charge in [-0.15, -0.1) is 11.3 Å². The molecule has 1 aromatic rings. The summed E-state index contributed by atoms with van der Waals surface area (Å²) < 4.78 is 5.06. The minimum absolute atomic E-state index is 0.183. The van der Waals surface area contributed by atoms with Crippen LogP contribution in [0.5, 0.6) is 5.75 Å². The van der Waals surface area contributed by atoms with E-state index < -0.39 is 11.4 Å². The lowest BCUT2D eigenvalue weighted by Crippen LogP contribution is -2.47. The van der Waals surface area contributed by atoms with Gasteiger partial charge in [-0.05, 0) is 24.3 Å². The van der Waals surface area contributed by atoms with E-state index in [0.717, 1.165) is 6.42 Å². The Hall–Kier alpha value is -1.56. The molecule has 1 aliphatic rings. The molecule has 0 saturated heterocycles. The third kappa shape index (κ3) is 2.20. The summed E-state index contributed by atoms with van der Waals surface area (Å²) in [5.74, 6) is -0.572. The van der Waals surface area contributed by atoms with Crippen LogP contribution >= 0.6 is 11.3 Å².